The Hall–Kier alpha value is -4.18. The van der Waals surface area contributed by atoms with Crippen LogP contribution in [0.15, 0.2) is 94.0 Å². The summed E-state index contributed by atoms with van der Waals surface area (Å²) in [4.78, 5) is 0. The monoisotopic (exact) mass is 464 g/mol. The van der Waals surface area contributed by atoms with E-state index in [4.69, 9.17) is 18.3 Å². The van der Waals surface area contributed by atoms with Crippen molar-refractivity contribution in [2.75, 3.05) is 13.7 Å². The highest BCUT2D eigenvalue weighted by molar-refractivity contribution is 5.89. The summed E-state index contributed by atoms with van der Waals surface area (Å²) in [5, 5.41) is 0. The van der Waals surface area contributed by atoms with Crippen molar-refractivity contribution in [3.8, 4) is 56.6 Å². The van der Waals surface area contributed by atoms with E-state index in [0.717, 1.165) is 56.6 Å². The van der Waals surface area contributed by atoms with Gasteiger partial charge in [-0.05, 0) is 87.0 Å². The van der Waals surface area contributed by atoms with E-state index in [2.05, 4.69) is 38.1 Å². The highest BCUT2D eigenvalue weighted by atomic mass is 16.5. The minimum atomic E-state index is 0.633. The van der Waals surface area contributed by atoms with Gasteiger partial charge in [-0.15, -0.1) is 0 Å². The van der Waals surface area contributed by atoms with Gasteiger partial charge in [0, 0.05) is 16.7 Å². The first kappa shape index (κ1) is 22.6. The van der Waals surface area contributed by atoms with Crippen molar-refractivity contribution in [1.29, 1.82) is 0 Å². The third-order valence-corrected chi connectivity index (χ3v) is 5.98. The first-order valence-corrected chi connectivity index (χ1v) is 11.7. The molecular weight excluding hydrogens is 436 g/mol. The second-order valence-corrected chi connectivity index (χ2v) is 8.58. The van der Waals surface area contributed by atoms with Crippen LogP contribution >= 0.6 is 0 Å². The number of rotatable bonds is 7. The summed E-state index contributed by atoms with van der Waals surface area (Å²) in [5.74, 6) is 3.98. The minimum Gasteiger partial charge on any atom is -0.497 e. The molecule has 2 heterocycles. The lowest BCUT2D eigenvalue weighted by molar-refractivity contribution is 0.340. The van der Waals surface area contributed by atoms with Crippen LogP contribution in [0, 0.1) is 13.8 Å². The molecule has 3 aromatic carbocycles. The van der Waals surface area contributed by atoms with Gasteiger partial charge in [-0.25, -0.2) is 0 Å². The average Bonchev–Trinajstić information content (AvgIpc) is 3.52. The Morgan fingerprint density at radius 2 is 1.31 bits per heavy atom. The zero-order valence-electron chi connectivity index (χ0n) is 20.4. The number of hydrogen-bond acceptors (Lipinski definition) is 4. The molecule has 4 nitrogen and oxygen atoms in total. The Morgan fingerprint density at radius 3 is 1.97 bits per heavy atom. The number of furan rings is 2. The van der Waals surface area contributed by atoms with Crippen LogP contribution in [0.3, 0.4) is 0 Å². The SMILES string of the molecule is CCOc1ccc(-c2cc(-c3occc3-c3ccc(OC)cc3)c(-c3cc(C)cc(C)c3)o2)cc1. The van der Waals surface area contributed by atoms with E-state index < -0.39 is 0 Å². The fraction of sp³-hybridized carbons (Fsp3) is 0.161. The van der Waals surface area contributed by atoms with Crippen molar-refractivity contribution >= 4 is 0 Å². The van der Waals surface area contributed by atoms with E-state index in [0.29, 0.717) is 6.61 Å². The molecule has 0 fully saturated rings. The van der Waals surface area contributed by atoms with E-state index in [9.17, 15) is 0 Å². The van der Waals surface area contributed by atoms with Gasteiger partial charge in [0.2, 0.25) is 0 Å². The molecule has 0 saturated carbocycles. The minimum absolute atomic E-state index is 0.633. The van der Waals surface area contributed by atoms with Crippen LogP contribution in [-0.2, 0) is 0 Å². The zero-order chi connectivity index (χ0) is 24.4. The smallest absolute Gasteiger partial charge is 0.145 e. The molecule has 0 aliphatic heterocycles. The quantitative estimate of drug-likeness (QED) is 0.242. The lowest BCUT2D eigenvalue weighted by Crippen LogP contribution is -1.90. The Morgan fingerprint density at radius 1 is 0.657 bits per heavy atom. The molecule has 0 N–H and O–H groups in total. The summed E-state index contributed by atoms with van der Waals surface area (Å²) >= 11 is 0. The van der Waals surface area contributed by atoms with Gasteiger partial charge in [-0.1, -0.05) is 29.3 Å². The Kier molecular flexibility index (Phi) is 6.19. The van der Waals surface area contributed by atoms with Crippen LogP contribution < -0.4 is 9.47 Å². The largest absolute Gasteiger partial charge is 0.497 e. The normalized spacial score (nSPS) is 11.0. The first-order valence-electron chi connectivity index (χ1n) is 11.7. The van der Waals surface area contributed by atoms with E-state index in [1.807, 2.05) is 61.5 Å². The Labute approximate surface area is 205 Å². The molecule has 0 aliphatic rings. The van der Waals surface area contributed by atoms with Crippen molar-refractivity contribution in [2.24, 2.45) is 0 Å². The molecule has 0 radical (unpaired) electrons. The second-order valence-electron chi connectivity index (χ2n) is 8.58. The maximum absolute atomic E-state index is 6.53. The molecule has 0 bridgehead atoms. The van der Waals surface area contributed by atoms with Gasteiger partial charge in [-0.2, -0.15) is 0 Å². The fourth-order valence-corrected chi connectivity index (χ4v) is 4.42. The molecule has 0 unspecified atom stereocenters. The van der Waals surface area contributed by atoms with Crippen molar-refractivity contribution < 1.29 is 18.3 Å². The van der Waals surface area contributed by atoms with Crippen molar-refractivity contribution in [3.63, 3.8) is 0 Å². The molecule has 0 saturated heterocycles. The predicted molar refractivity (Wildman–Crippen MR) is 140 cm³/mol. The molecule has 0 amide bonds. The number of hydrogen-bond donors (Lipinski definition) is 0. The summed E-state index contributed by atoms with van der Waals surface area (Å²) in [6.07, 6.45) is 1.73. The summed E-state index contributed by atoms with van der Waals surface area (Å²) in [5.41, 5.74) is 7.31. The molecule has 0 atom stereocenters. The molecular formula is C31H28O4. The standard InChI is InChI=1S/C31H28O4/c1-5-33-26-12-8-23(9-13-26)29-19-28(30(35-29)24-17-20(2)16-21(3)18-24)31-27(14-15-34-31)22-6-10-25(32-4)11-7-22/h6-19H,5H2,1-4H3. The number of benzene rings is 3. The van der Waals surface area contributed by atoms with Crippen LogP contribution in [0.2, 0.25) is 0 Å². The van der Waals surface area contributed by atoms with Gasteiger partial charge in [0.25, 0.3) is 0 Å². The summed E-state index contributed by atoms with van der Waals surface area (Å²) in [6, 6.07) is 26.5. The number of aryl methyl sites for hydroxylation is 2. The van der Waals surface area contributed by atoms with E-state index in [1.165, 1.54) is 11.1 Å². The third kappa shape index (κ3) is 4.60. The average molecular weight is 465 g/mol. The van der Waals surface area contributed by atoms with Crippen molar-refractivity contribution in [1.82, 2.24) is 0 Å². The zero-order valence-corrected chi connectivity index (χ0v) is 20.4. The second kappa shape index (κ2) is 9.59. The molecule has 176 valence electrons. The van der Waals surface area contributed by atoms with Crippen molar-refractivity contribution in [2.45, 2.75) is 20.8 Å². The maximum atomic E-state index is 6.53. The third-order valence-electron chi connectivity index (χ3n) is 5.98. The first-order chi connectivity index (χ1) is 17.1. The van der Waals surface area contributed by atoms with Gasteiger partial charge in [0.05, 0.1) is 25.5 Å². The molecule has 35 heavy (non-hydrogen) atoms. The molecule has 0 spiro atoms. The number of methoxy groups -OCH3 is 1. The van der Waals surface area contributed by atoms with E-state index in [1.54, 1.807) is 13.4 Å². The van der Waals surface area contributed by atoms with Gasteiger partial charge in [-0.3, -0.25) is 0 Å². The number of ether oxygens (including phenoxy) is 2. The molecule has 2 aromatic heterocycles. The van der Waals surface area contributed by atoms with Gasteiger partial charge in [0.1, 0.15) is 28.8 Å². The highest BCUT2D eigenvalue weighted by Gasteiger charge is 2.22. The molecule has 4 heteroatoms. The maximum Gasteiger partial charge on any atom is 0.145 e. The Bertz CT molecular complexity index is 1420. The van der Waals surface area contributed by atoms with Crippen LogP contribution in [-0.4, -0.2) is 13.7 Å². The van der Waals surface area contributed by atoms with Crippen LogP contribution in [0.4, 0.5) is 0 Å². The summed E-state index contributed by atoms with van der Waals surface area (Å²) in [6.45, 7) is 6.81. The van der Waals surface area contributed by atoms with Crippen LogP contribution in [0.25, 0.3) is 45.1 Å². The topological polar surface area (TPSA) is 44.7 Å². The van der Waals surface area contributed by atoms with Gasteiger partial charge >= 0.3 is 0 Å². The van der Waals surface area contributed by atoms with Gasteiger partial charge < -0.3 is 18.3 Å². The van der Waals surface area contributed by atoms with E-state index in [-0.39, 0.29) is 0 Å². The Balaban J connectivity index is 1.66. The highest BCUT2D eigenvalue weighted by Crippen LogP contribution is 2.43. The predicted octanol–water partition coefficient (Wildman–Crippen LogP) is 8.56. The van der Waals surface area contributed by atoms with Crippen molar-refractivity contribution in [3.05, 3.63) is 96.3 Å². The van der Waals surface area contributed by atoms with Crippen LogP contribution in [0.5, 0.6) is 11.5 Å². The lowest BCUT2D eigenvalue weighted by atomic mass is 9.98. The van der Waals surface area contributed by atoms with E-state index >= 15 is 0 Å². The summed E-state index contributed by atoms with van der Waals surface area (Å²) in [7, 11) is 1.67. The molecule has 5 aromatic rings. The fourth-order valence-electron chi connectivity index (χ4n) is 4.42. The van der Waals surface area contributed by atoms with Crippen LogP contribution in [0.1, 0.15) is 18.1 Å². The molecule has 0 aliphatic carbocycles. The summed E-state index contributed by atoms with van der Waals surface area (Å²) < 4.78 is 23.5. The van der Waals surface area contributed by atoms with Gasteiger partial charge in [0.15, 0.2) is 0 Å². The lowest BCUT2D eigenvalue weighted by Gasteiger charge is -2.07. The molecule has 5 rings (SSSR count).